The van der Waals surface area contributed by atoms with Crippen molar-refractivity contribution in [2.75, 3.05) is 13.7 Å². The minimum atomic E-state index is -0.437. The first-order chi connectivity index (χ1) is 5.06. The molecule has 0 saturated heterocycles. The van der Waals surface area contributed by atoms with Crippen molar-refractivity contribution in [3.05, 3.63) is 10.1 Å². The van der Waals surface area contributed by atoms with Crippen LogP contribution in [-0.4, -0.2) is 24.5 Å². The number of nitro groups is 1. The lowest BCUT2D eigenvalue weighted by Gasteiger charge is -2.03. The molecule has 0 radical (unpaired) electrons. The summed E-state index contributed by atoms with van der Waals surface area (Å²) in [4.78, 5) is 20.1. The summed E-state index contributed by atoms with van der Waals surface area (Å²) in [5.74, 6) is -0.656. The van der Waals surface area contributed by atoms with E-state index in [2.05, 4.69) is 4.74 Å². The Morgan fingerprint density at radius 2 is 2.27 bits per heavy atom. The highest BCUT2D eigenvalue weighted by Crippen LogP contribution is 2.02. The highest BCUT2D eigenvalue weighted by Gasteiger charge is 2.13. The Morgan fingerprint density at radius 3 is 2.64 bits per heavy atom. The largest absolute Gasteiger partial charge is 0.469 e. The second-order valence-corrected chi connectivity index (χ2v) is 2.40. The summed E-state index contributed by atoms with van der Waals surface area (Å²) in [5.41, 5.74) is 0. The average molecular weight is 161 g/mol. The topological polar surface area (TPSA) is 69.4 Å². The third kappa shape index (κ3) is 5.32. The van der Waals surface area contributed by atoms with E-state index in [1.165, 1.54) is 7.11 Å². The highest BCUT2D eigenvalue weighted by atomic mass is 16.6. The van der Waals surface area contributed by atoms with E-state index in [1.54, 1.807) is 6.92 Å². The number of nitrogens with zero attached hydrogens (tertiary/aromatic N) is 1. The predicted molar refractivity (Wildman–Crippen MR) is 37.7 cm³/mol. The zero-order chi connectivity index (χ0) is 8.85. The number of carbonyl (C=O) groups excluding carboxylic acids is 1. The van der Waals surface area contributed by atoms with Crippen LogP contribution in [0, 0.1) is 16.0 Å². The first-order valence-corrected chi connectivity index (χ1v) is 3.25. The van der Waals surface area contributed by atoms with Crippen LogP contribution in [0.3, 0.4) is 0 Å². The summed E-state index contributed by atoms with van der Waals surface area (Å²) in [5, 5.41) is 9.93. The number of methoxy groups -OCH3 is 1. The third-order valence-electron chi connectivity index (χ3n) is 1.20. The van der Waals surface area contributed by atoms with Gasteiger partial charge in [-0.25, -0.2) is 0 Å². The van der Waals surface area contributed by atoms with Gasteiger partial charge in [0.15, 0.2) is 0 Å². The summed E-state index contributed by atoms with van der Waals surface area (Å²) in [6, 6.07) is 0. The van der Waals surface area contributed by atoms with Crippen molar-refractivity contribution < 1.29 is 14.5 Å². The van der Waals surface area contributed by atoms with E-state index in [-0.39, 0.29) is 18.9 Å². The molecule has 0 fully saturated rings. The Bertz CT molecular complexity index is 157. The first-order valence-electron chi connectivity index (χ1n) is 3.25. The fourth-order valence-electron chi connectivity index (χ4n) is 0.687. The van der Waals surface area contributed by atoms with E-state index in [4.69, 9.17) is 0 Å². The molecule has 0 aromatic carbocycles. The standard InChI is InChI=1S/C6H11NO4/c1-5(4-7(9)10)3-6(8)11-2/h5H,3-4H2,1-2H3/t5-/m1/s1. The molecule has 11 heavy (non-hydrogen) atoms. The van der Waals surface area contributed by atoms with Crippen LogP contribution < -0.4 is 0 Å². The van der Waals surface area contributed by atoms with Crippen LogP contribution in [0.5, 0.6) is 0 Å². The second kappa shape index (κ2) is 4.65. The fourth-order valence-corrected chi connectivity index (χ4v) is 0.687. The molecule has 5 heteroatoms. The van der Waals surface area contributed by atoms with Crippen molar-refractivity contribution in [1.29, 1.82) is 0 Å². The summed E-state index contributed by atoms with van der Waals surface area (Å²) in [6.45, 7) is 1.45. The number of carbonyl (C=O) groups is 1. The van der Waals surface area contributed by atoms with Crippen LogP contribution in [0.25, 0.3) is 0 Å². The minimum Gasteiger partial charge on any atom is -0.469 e. The molecule has 64 valence electrons. The fraction of sp³-hybridized carbons (Fsp3) is 0.833. The SMILES string of the molecule is COC(=O)C[C@@H](C)C[N+](=O)[O-]. The zero-order valence-electron chi connectivity index (χ0n) is 6.57. The molecule has 0 amide bonds. The summed E-state index contributed by atoms with van der Waals surface area (Å²) in [6.07, 6.45) is 0.109. The molecule has 0 rings (SSSR count). The molecule has 0 aliphatic carbocycles. The van der Waals surface area contributed by atoms with Gasteiger partial charge < -0.3 is 4.74 Å². The lowest BCUT2D eigenvalue weighted by Crippen LogP contribution is -2.15. The van der Waals surface area contributed by atoms with Crippen molar-refractivity contribution in [3.8, 4) is 0 Å². The second-order valence-electron chi connectivity index (χ2n) is 2.40. The predicted octanol–water partition coefficient (Wildman–Crippen LogP) is 0.462. The summed E-state index contributed by atoms with van der Waals surface area (Å²) >= 11 is 0. The van der Waals surface area contributed by atoms with E-state index in [1.807, 2.05) is 0 Å². The molecule has 1 atom stereocenters. The quantitative estimate of drug-likeness (QED) is 0.341. The molecule has 0 unspecified atom stereocenters. The van der Waals surface area contributed by atoms with Gasteiger partial charge in [-0.3, -0.25) is 14.9 Å². The summed E-state index contributed by atoms with van der Waals surface area (Å²) in [7, 11) is 1.27. The molecule has 5 nitrogen and oxygen atoms in total. The maximum Gasteiger partial charge on any atom is 0.306 e. The zero-order valence-corrected chi connectivity index (χ0v) is 6.57. The smallest absolute Gasteiger partial charge is 0.306 e. The van der Waals surface area contributed by atoms with Crippen LogP contribution in [0.4, 0.5) is 0 Å². The molecule has 0 aliphatic rings. The molecule has 0 saturated carbocycles. The Morgan fingerprint density at radius 1 is 1.73 bits per heavy atom. The van der Waals surface area contributed by atoms with Crippen molar-refractivity contribution >= 4 is 5.97 Å². The van der Waals surface area contributed by atoms with Crippen LogP contribution in [0.2, 0.25) is 0 Å². The van der Waals surface area contributed by atoms with E-state index in [0.29, 0.717) is 0 Å². The Balaban J connectivity index is 3.60. The number of esters is 1. The van der Waals surface area contributed by atoms with Gasteiger partial charge in [0, 0.05) is 10.8 Å². The van der Waals surface area contributed by atoms with Gasteiger partial charge in [-0.05, 0) is 0 Å². The van der Waals surface area contributed by atoms with Crippen LogP contribution in [-0.2, 0) is 9.53 Å². The number of hydrogen-bond donors (Lipinski definition) is 0. The van der Waals surface area contributed by atoms with E-state index in [0.717, 1.165) is 0 Å². The van der Waals surface area contributed by atoms with E-state index < -0.39 is 10.9 Å². The van der Waals surface area contributed by atoms with Crippen LogP contribution >= 0.6 is 0 Å². The van der Waals surface area contributed by atoms with Gasteiger partial charge in [-0.2, -0.15) is 0 Å². The van der Waals surface area contributed by atoms with E-state index >= 15 is 0 Å². The van der Waals surface area contributed by atoms with Gasteiger partial charge in [0.25, 0.3) is 0 Å². The summed E-state index contributed by atoms with van der Waals surface area (Å²) < 4.78 is 4.34. The Kier molecular flexibility index (Phi) is 4.17. The molecule has 0 aromatic heterocycles. The van der Waals surface area contributed by atoms with Gasteiger partial charge in [-0.1, -0.05) is 6.92 Å². The monoisotopic (exact) mass is 161 g/mol. The average Bonchev–Trinajstić information content (AvgIpc) is 1.85. The van der Waals surface area contributed by atoms with Gasteiger partial charge >= 0.3 is 5.97 Å². The van der Waals surface area contributed by atoms with Crippen LogP contribution in [0.1, 0.15) is 13.3 Å². The van der Waals surface area contributed by atoms with Gasteiger partial charge in [-0.15, -0.1) is 0 Å². The van der Waals surface area contributed by atoms with Crippen molar-refractivity contribution in [2.24, 2.45) is 5.92 Å². The lowest BCUT2D eigenvalue weighted by atomic mass is 10.1. The van der Waals surface area contributed by atoms with E-state index in [9.17, 15) is 14.9 Å². The normalized spacial score (nSPS) is 12.2. The number of ether oxygens (including phenoxy) is 1. The lowest BCUT2D eigenvalue weighted by molar-refractivity contribution is -0.487. The maximum atomic E-state index is 10.6. The number of rotatable bonds is 4. The Labute approximate surface area is 64.5 Å². The van der Waals surface area contributed by atoms with Crippen molar-refractivity contribution in [2.45, 2.75) is 13.3 Å². The molecule has 0 aromatic rings. The molecular formula is C6H11NO4. The van der Waals surface area contributed by atoms with Gasteiger partial charge in [0.1, 0.15) is 0 Å². The maximum absolute atomic E-state index is 10.6. The van der Waals surface area contributed by atoms with Crippen LogP contribution in [0.15, 0.2) is 0 Å². The third-order valence-corrected chi connectivity index (χ3v) is 1.20. The molecule has 0 heterocycles. The molecule has 0 aliphatic heterocycles. The molecular weight excluding hydrogens is 150 g/mol. The van der Waals surface area contributed by atoms with Crippen molar-refractivity contribution in [3.63, 3.8) is 0 Å². The van der Waals surface area contributed by atoms with Gasteiger partial charge in [0.05, 0.1) is 13.5 Å². The molecule has 0 N–H and O–H groups in total. The Hall–Kier alpha value is -1.13. The number of hydrogen-bond acceptors (Lipinski definition) is 4. The first kappa shape index (κ1) is 9.87. The van der Waals surface area contributed by atoms with Gasteiger partial charge in [0.2, 0.25) is 6.54 Å². The highest BCUT2D eigenvalue weighted by molar-refractivity contribution is 5.69. The minimum absolute atomic E-state index is 0.109. The molecule has 0 spiro atoms. The molecule has 0 bridgehead atoms. The van der Waals surface area contributed by atoms with Crippen molar-refractivity contribution in [1.82, 2.24) is 0 Å².